The molecule has 0 bridgehead atoms. The average Bonchev–Trinajstić information content (AvgIpc) is 2.79. The number of nitrogens with zero attached hydrogens (tertiary/aromatic N) is 1. The van der Waals surface area contributed by atoms with E-state index in [9.17, 15) is 0 Å². The number of hydrogen-bond donors (Lipinski definition) is 1. The second kappa shape index (κ2) is 3.51. The summed E-state index contributed by atoms with van der Waals surface area (Å²) in [4.78, 5) is 4.46. The van der Waals surface area contributed by atoms with Crippen LogP contribution in [0.25, 0.3) is 0 Å². The van der Waals surface area contributed by atoms with Gasteiger partial charge in [0, 0.05) is 13.0 Å². The molecule has 1 aliphatic heterocycles. The highest BCUT2D eigenvalue weighted by atomic mass is 16.4. The van der Waals surface area contributed by atoms with Crippen molar-refractivity contribution in [2.75, 3.05) is 0 Å². The van der Waals surface area contributed by atoms with Crippen LogP contribution < -0.4 is 5.32 Å². The van der Waals surface area contributed by atoms with Gasteiger partial charge < -0.3 is 9.73 Å². The van der Waals surface area contributed by atoms with Crippen molar-refractivity contribution in [2.24, 2.45) is 0 Å². The Hall–Kier alpha value is -1.61. The van der Waals surface area contributed by atoms with Crippen molar-refractivity contribution >= 4 is 0 Å². The first-order valence-electron chi connectivity index (χ1n) is 5.14. The van der Waals surface area contributed by atoms with Crippen molar-refractivity contribution in [3.63, 3.8) is 0 Å². The van der Waals surface area contributed by atoms with Crippen LogP contribution in [0.1, 0.15) is 22.9 Å². The Kier molecular flexibility index (Phi) is 2.03. The Morgan fingerprint density at radius 1 is 1.20 bits per heavy atom. The monoisotopic (exact) mass is 200 g/mol. The van der Waals surface area contributed by atoms with Gasteiger partial charge in [-0.05, 0) is 5.56 Å². The summed E-state index contributed by atoms with van der Waals surface area (Å²) in [6.45, 7) is 1.66. The number of oxazole rings is 1. The molecule has 2 heterocycles. The molecule has 3 heteroatoms. The van der Waals surface area contributed by atoms with Gasteiger partial charge in [0.05, 0.1) is 12.2 Å². The van der Waals surface area contributed by atoms with E-state index in [4.69, 9.17) is 4.42 Å². The van der Waals surface area contributed by atoms with Crippen molar-refractivity contribution in [1.82, 2.24) is 10.3 Å². The molecule has 0 fully saturated rings. The van der Waals surface area contributed by atoms with Crippen LogP contribution in [-0.2, 0) is 19.5 Å². The molecule has 1 N–H and O–H groups in total. The van der Waals surface area contributed by atoms with Crippen LogP contribution in [0.3, 0.4) is 0 Å². The van der Waals surface area contributed by atoms with Crippen LogP contribution in [0, 0.1) is 0 Å². The van der Waals surface area contributed by atoms with Crippen molar-refractivity contribution < 1.29 is 4.42 Å². The molecule has 3 nitrogen and oxygen atoms in total. The Morgan fingerprint density at radius 3 is 2.87 bits per heavy atom. The van der Waals surface area contributed by atoms with E-state index < -0.39 is 0 Å². The van der Waals surface area contributed by atoms with Crippen LogP contribution in [0.5, 0.6) is 0 Å². The second-order valence-electron chi connectivity index (χ2n) is 3.74. The van der Waals surface area contributed by atoms with Crippen LogP contribution in [0.15, 0.2) is 34.7 Å². The SMILES string of the molecule is c1ccc(Cc2nc3c(o2)CNC3)cc1. The molecule has 0 amide bonds. The minimum atomic E-state index is 0.786. The third kappa shape index (κ3) is 1.66. The standard InChI is InChI=1S/C12H12N2O/c1-2-4-9(5-3-1)6-12-14-10-7-13-8-11(10)15-12/h1-5,13H,6-8H2. The molecule has 0 radical (unpaired) electrons. The first-order valence-corrected chi connectivity index (χ1v) is 5.14. The van der Waals surface area contributed by atoms with Crippen LogP contribution in [-0.4, -0.2) is 4.98 Å². The predicted octanol–water partition coefficient (Wildman–Crippen LogP) is 1.87. The summed E-state index contributed by atoms with van der Waals surface area (Å²) in [6.07, 6.45) is 0.786. The van der Waals surface area contributed by atoms with Gasteiger partial charge in [-0.3, -0.25) is 0 Å². The molecule has 1 aromatic carbocycles. The molecule has 0 aliphatic carbocycles. The number of aromatic nitrogens is 1. The van der Waals surface area contributed by atoms with Crippen molar-refractivity contribution in [3.05, 3.63) is 53.2 Å². The van der Waals surface area contributed by atoms with E-state index in [0.717, 1.165) is 36.9 Å². The molecular weight excluding hydrogens is 188 g/mol. The quantitative estimate of drug-likeness (QED) is 0.804. The summed E-state index contributed by atoms with van der Waals surface area (Å²) < 4.78 is 5.66. The van der Waals surface area contributed by atoms with Gasteiger partial charge in [0.25, 0.3) is 0 Å². The minimum absolute atomic E-state index is 0.786. The topological polar surface area (TPSA) is 38.1 Å². The maximum Gasteiger partial charge on any atom is 0.199 e. The third-order valence-electron chi connectivity index (χ3n) is 2.60. The second-order valence-corrected chi connectivity index (χ2v) is 3.74. The zero-order valence-corrected chi connectivity index (χ0v) is 8.36. The lowest BCUT2D eigenvalue weighted by atomic mass is 10.1. The summed E-state index contributed by atoms with van der Waals surface area (Å²) in [7, 11) is 0. The Balaban J connectivity index is 1.83. The van der Waals surface area contributed by atoms with E-state index in [1.54, 1.807) is 0 Å². The summed E-state index contributed by atoms with van der Waals surface area (Å²) >= 11 is 0. The lowest BCUT2D eigenvalue weighted by Gasteiger charge is -1.96. The maximum atomic E-state index is 5.66. The first-order chi connectivity index (χ1) is 7.42. The molecule has 0 spiro atoms. The average molecular weight is 200 g/mol. The lowest BCUT2D eigenvalue weighted by Crippen LogP contribution is -2.02. The molecule has 0 atom stereocenters. The van der Waals surface area contributed by atoms with Crippen molar-refractivity contribution in [3.8, 4) is 0 Å². The van der Waals surface area contributed by atoms with Crippen LogP contribution in [0.2, 0.25) is 0 Å². The number of benzene rings is 1. The number of hydrogen-bond acceptors (Lipinski definition) is 3. The van der Waals surface area contributed by atoms with E-state index in [1.165, 1.54) is 5.56 Å². The van der Waals surface area contributed by atoms with Crippen molar-refractivity contribution in [2.45, 2.75) is 19.5 Å². The fourth-order valence-corrected chi connectivity index (χ4v) is 1.85. The molecule has 0 saturated heterocycles. The van der Waals surface area contributed by atoms with Gasteiger partial charge >= 0.3 is 0 Å². The first kappa shape index (κ1) is 8.68. The predicted molar refractivity (Wildman–Crippen MR) is 56.3 cm³/mol. The van der Waals surface area contributed by atoms with Gasteiger partial charge in [-0.2, -0.15) is 0 Å². The van der Waals surface area contributed by atoms with Gasteiger partial charge in [-0.25, -0.2) is 4.98 Å². The number of rotatable bonds is 2. The summed E-state index contributed by atoms with van der Waals surface area (Å²) in [5.74, 6) is 1.83. The zero-order valence-electron chi connectivity index (χ0n) is 8.36. The zero-order chi connectivity index (χ0) is 10.1. The number of nitrogens with one attached hydrogen (secondary N) is 1. The highest BCUT2D eigenvalue weighted by Crippen LogP contribution is 2.18. The smallest absolute Gasteiger partial charge is 0.199 e. The van der Waals surface area contributed by atoms with Crippen LogP contribution in [0.4, 0.5) is 0 Å². The fourth-order valence-electron chi connectivity index (χ4n) is 1.85. The molecule has 15 heavy (non-hydrogen) atoms. The van der Waals surface area contributed by atoms with Gasteiger partial charge in [0.1, 0.15) is 5.76 Å². The highest BCUT2D eigenvalue weighted by Gasteiger charge is 2.17. The van der Waals surface area contributed by atoms with E-state index in [2.05, 4.69) is 22.4 Å². The third-order valence-corrected chi connectivity index (χ3v) is 2.60. The highest BCUT2D eigenvalue weighted by molar-refractivity contribution is 5.21. The Morgan fingerprint density at radius 2 is 2.07 bits per heavy atom. The van der Waals surface area contributed by atoms with Gasteiger partial charge in [0.15, 0.2) is 5.89 Å². The van der Waals surface area contributed by atoms with E-state index in [1.807, 2.05) is 18.2 Å². The maximum absolute atomic E-state index is 5.66. The van der Waals surface area contributed by atoms with E-state index >= 15 is 0 Å². The lowest BCUT2D eigenvalue weighted by molar-refractivity contribution is 0.458. The molecule has 76 valence electrons. The number of fused-ring (bicyclic) bond motifs is 1. The molecule has 2 aromatic rings. The molecule has 3 rings (SSSR count). The minimum Gasteiger partial charge on any atom is -0.444 e. The van der Waals surface area contributed by atoms with E-state index in [-0.39, 0.29) is 0 Å². The van der Waals surface area contributed by atoms with Gasteiger partial charge in [-0.1, -0.05) is 30.3 Å². The molecule has 0 unspecified atom stereocenters. The van der Waals surface area contributed by atoms with E-state index in [0.29, 0.717) is 0 Å². The molecule has 0 saturated carbocycles. The summed E-state index contributed by atoms with van der Waals surface area (Å²) in [6, 6.07) is 10.3. The normalized spacial score (nSPS) is 14.1. The van der Waals surface area contributed by atoms with Gasteiger partial charge in [0.2, 0.25) is 0 Å². The molecule has 1 aromatic heterocycles. The van der Waals surface area contributed by atoms with Gasteiger partial charge in [-0.15, -0.1) is 0 Å². The molecule has 1 aliphatic rings. The fraction of sp³-hybridized carbons (Fsp3) is 0.250. The van der Waals surface area contributed by atoms with Crippen LogP contribution >= 0.6 is 0 Å². The summed E-state index contributed by atoms with van der Waals surface area (Å²) in [5.41, 5.74) is 2.31. The Bertz CT molecular complexity index is 440. The summed E-state index contributed by atoms with van der Waals surface area (Å²) in [5, 5.41) is 3.20. The largest absolute Gasteiger partial charge is 0.444 e. The Labute approximate surface area is 88.1 Å². The molecular formula is C12H12N2O. The van der Waals surface area contributed by atoms with Crippen molar-refractivity contribution in [1.29, 1.82) is 0 Å².